The summed E-state index contributed by atoms with van der Waals surface area (Å²) in [5.41, 5.74) is 0. The monoisotopic (exact) mass is 701 g/mol. The van der Waals surface area contributed by atoms with Crippen LogP contribution in [0.15, 0.2) is 24.3 Å². The van der Waals surface area contributed by atoms with Crippen molar-refractivity contribution in [2.75, 3.05) is 20.3 Å². The summed E-state index contributed by atoms with van der Waals surface area (Å²) in [6.45, 7) is 3.85. The largest absolute Gasteiger partial charge is 0.472 e. The van der Waals surface area contributed by atoms with E-state index >= 15 is 0 Å². The summed E-state index contributed by atoms with van der Waals surface area (Å²) in [6, 6.07) is 0. The van der Waals surface area contributed by atoms with Crippen molar-refractivity contribution in [1.29, 1.82) is 0 Å². The van der Waals surface area contributed by atoms with Gasteiger partial charge in [-0.3, -0.25) is 18.6 Å². The molecule has 0 radical (unpaired) electrons. The fourth-order valence-corrected chi connectivity index (χ4v) is 5.81. The third-order valence-corrected chi connectivity index (χ3v) is 9.35. The normalized spacial score (nSPS) is 13.7. The standard InChI is InChI=1S/C39H73O8P/c1-4-6-8-10-12-14-16-18-20-22-24-26-28-30-32-34-39(41)47-37(36-46-48(42,43)44-3)35-45-38(40)33-31-29-27-25-23-21-19-17-15-13-11-9-7-5-2/h17-20,37H,4-16,21-36H2,1-3H3,(H,42,43)/b19-17+,20-18+/t37-/m1/s1. The van der Waals surface area contributed by atoms with Gasteiger partial charge in [-0.05, 0) is 64.2 Å². The van der Waals surface area contributed by atoms with Crippen LogP contribution in [0.3, 0.4) is 0 Å². The first-order valence-corrected chi connectivity index (χ1v) is 21.0. The van der Waals surface area contributed by atoms with Crippen LogP contribution in [0.1, 0.15) is 187 Å². The molecule has 0 saturated carbocycles. The first kappa shape index (κ1) is 46.5. The summed E-state index contributed by atoms with van der Waals surface area (Å²) in [7, 11) is -3.20. The molecule has 0 saturated heterocycles. The molecule has 0 aromatic rings. The lowest BCUT2D eigenvalue weighted by Gasteiger charge is -2.19. The van der Waals surface area contributed by atoms with Gasteiger partial charge in [-0.15, -0.1) is 0 Å². The maximum atomic E-state index is 12.5. The number of esters is 2. The molecule has 0 rings (SSSR count). The third-order valence-electron chi connectivity index (χ3n) is 8.42. The second-order valence-electron chi connectivity index (χ2n) is 13.1. The average molecular weight is 701 g/mol. The van der Waals surface area contributed by atoms with Crippen molar-refractivity contribution in [3.05, 3.63) is 24.3 Å². The van der Waals surface area contributed by atoms with E-state index in [9.17, 15) is 19.0 Å². The smallest absolute Gasteiger partial charge is 0.462 e. The first-order chi connectivity index (χ1) is 23.3. The Hall–Kier alpha value is -1.47. The minimum atomic E-state index is -4.26. The lowest BCUT2D eigenvalue weighted by molar-refractivity contribution is -0.161. The Labute approximate surface area is 294 Å². The molecule has 0 aromatic heterocycles. The molecular formula is C39H73O8P. The maximum Gasteiger partial charge on any atom is 0.472 e. The average Bonchev–Trinajstić information content (AvgIpc) is 3.07. The van der Waals surface area contributed by atoms with Crippen LogP contribution in [0.2, 0.25) is 0 Å². The highest BCUT2D eigenvalue weighted by Crippen LogP contribution is 2.42. The van der Waals surface area contributed by atoms with E-state index in [1.54, 1.807) is 0 Å². The molecule has 1 unspecified atom stereocenters. The molecule has 0 amide bonds. The topological polar surface area (TPSA) is 108 Å². The Morgan fingerprint density at radius 2 is 0.938 bits per heavy atom. The Morgan fingerprint density at radius 1 is 0.562 bits per heavy atom. The predicted octanol–water partition coefficient (Wildman–Crippen LogP) is 11.9. The summed E-state index contributed by atoms with van der Waals surface area (Å²) in [6.07, 6.45) is 37.9. The Balaban J connectivity index is 4.07. The Bertz CT molecular complexity index is 844. The minimum absolute atomic E-state index is 0.231. The van der Waals surface area contributed by atoms with Crippen molar-refractivity contribution in [2.24, 2.45) is 0 Å². The van der Waals surface area contributed by atoms with Crippen LogP contribution in [0.5, 0.6) is 0 Å². The predicted molar refractivity (Wildman–Crippen MR) is 198 cm³/mol. The zero-order chi connectivity index (χ0) is 35.4. The summed E-state index contributed by atoms with van der Waals surface area (Å²) in [5, 5.41) is 0. The van der Waals surface area contributed by atoms with E-state index in [2.05, 4.69) is 42.7 Å². The van der Waals surface area contributed by atoms with Crippen molar-refractivity contribution in [1.82, 2.24) is 0 Å². The molecule has 0 aliphatic carbocycles. The fraction of sp³-hybridized carbons (Fsp3) is 0.846. The summed E-state index contributed by atoms with van der Waals surface area (Å²) >= 11 is 0. The minimum Gasteiger partial charge on any atom is -0.462 e. The Morgan fingerprint density at radius 3 is 1.35 bits per heavy atom. The van der Waals surface area contributed by atoms with Crippen LogP contribution in [-0.2, 0) is 32.7 Å². The summed E-state index contributed by atoms with van der Waals surface area (Å²) < 4.78 is 31.9. The fourth-order valence-electron chi connectivity index (χ4n) is 5.35. The highest BCUT2D eigenvalue weighted by atomic mass is 31.2. The number of carbonyl (C=O) groups excluding carboxylic acids is 2. The van der Waals surface area contributed by atoms with E-state index in [4.69, 9.17) is 14.0 Å². The molecule has 0 fully saturated rings. The van der Waals surface area contributed by atoms with Gasteiger partial charge in [-0.1, -0.05) is 134 Å². The molecule has 0 aromatic carbocycles. The molecule has 0 bridgehead atoms. The van der Waals surface area contributed by atoms with Crippen molar-refractivity contribution < 1.29 is 37.6 Å². The van der Waals surface area contributed by atoms with E-state index < -0.39 is 26.5 Å². The van der Waals surface area contributed by atoms with E-state index in [0.717, 1.165) is 77.7 Å². The number of hydrogen-bond acceptors (Lipinski definition) is 7. The van der Waals surface area contributed by atoms with Crippen LogP contribution in [-0.4, -0.2) is 43.3 Å². The molecule has 1 N–H and O–H groups in total. The van der Waals surface area contributed by atoms with Gasteiger partial charge in [0.05, 0.1) is 6.61 Å². The second-order valence-corrected chi connectivity index (χ2v) is 14.6. The highest BCUT2D eigenvalue weighted by Gasteiger charge is 2.24. The van der Waals surface area contributed by atoms with Crippen molar-refractivity contribution >= 4 is 19.8 Å². The zero-order valence-electron chi connectivity index (χ0n) is 31.1. The first-order valence-electron chi connectivity index (χ1n) is 19.5. The van der Waals surface area contributed by atoms with Gasteiger partial charge in [0.1, 0.15) is 6.61 Å². The van der Waals surface area contributed by atoms with Crippen molar-refractivity contribution in [2.45, 2.75) is 193 Å². The van der Waals surface area contributed by atoms with Crippen LogP contribution >= 0.6 is 7.82 Å². The van der Waals surface area contributed by atoms with Gasteiger partial charge in [0.15, 0.2) is 6.10 Å². The van der Waals surface area contributed by atoms with Gasteiger partial charge >= 0.3 is 19.8 Å². The van der Waals surface area contributed by atoms with Crippen molar-refractivity contribution in [3.8, 4) is 0 Å². The van der Waals surface area contributed by atoms with Crippen LogP contribution < -0.4 is 0 Å². The number of allylic oxidation sites excluding steroid dienone is 4. The molecule has 0 aliphatic heterocycles. The third kappa shape index (κ3) is 34.4. The van der Waals surface area contributed by atoms with Gasteiger partial charge in [0.25, 0.3) is 0 Å². The van der Waals surface area contributed by atoms with Gasteiger partial charge < -0.3 is 14.4 Å². The van der Waals surface area contributed by atoms with E-state index in [1.165, 1.54) is 83.5 Å². The second kappa shape index (κ2) is 35.4. The quantitative estimate of drug-likeness (QED) is 0.0298. The van der Waals surface area contributed by atoms with Crippen LogP contribution in [0, 0.1) is 0 Å². The number of rotatable bonds is 36. The zero-order valence-corrected chi connectivity index (χ0v) is 32.0. The van der Waals surface area contributed by atoms with Gasteiger partial charge in [-0.2, -0.15) is 0 Å². The molecule has 0 spiro atoms. The molecule has 2 atom stereocenters. The van der Waals surface area contributed by atoms with E-state index in [0.29, 0.717) is 6.42 Å². The molecule has 48 heavy (non-hydrogen) atoms. The molecule has 0 aliphatic rings. The molecule has 282 valence electrons. The maximum absolute atomic E-state index is 12.5. The number of carbonyl (C=O) groups is 2. The van der Waals surface area contributed by atoms with Crippen LogP contribution in [0.4, 0.5) is 0 Å². The molecule has 9 heteroatoms. The lowest BCUT2D eigenvalue weighted by Crippen LogP contribution is -2.29. The SMILES string of the molecule is CCCCCCC/C=C/CCCCCCCC(=O)OC[C@H](COP(=O)(O)OC)OC(=O)CCCCCCC/C=C/CCCCCCCC. The summed E-state index contributed by atoms with van der Waals surface area (Å²) in [5.74, 6) is -0.821. The van der Waals surface area contributed by atoms with Crippen LogP contribution in [0.25, 0.3) is 0 Å². The molecule has 8 nitrogen and oxygen atoms in total. The Kier molecular flexibility index (Phi) is 34.3. The van der Waals surface area contributed by atoms with Gasteiger partial charge in [-0.25, -0.2) is 4.57 Å². The number of hydrogen-bond donors (Lipinski definition) is 1. The highest BCUT2D eigenvalue weighted by molar-refractivity contribution is 7.47. The number of phosphoric ester groups is 1. The van der Waals surface area contributed by atoms with Crippen molar-refractivity contribution in [3.63, 3.8) is 0 Å². The summed E-state index contributed by atoms with van der Waals surface area (Å²) in [4.78, 5) is 34.3. The lowest BCUT2D eigenvalue weighted by atomic mass is 10.1. The molecule has 0 heterocycles. The number of unbranched alkanes of at least 4 members (excludes halogenated alkanes) is 21. The molecular weight excluding hydrogens is 627 g/mol. The van der Waals surface area contributed by atoms with Gasteiger partial charge in [0, 0.05) is 20.0 Å². The number of ether oxygens (including phenoxy) is 2. The van der Waals surface area contributed by atoms with E-state index in [1.807, 2.05) is 0 Å². The van der Waals surface area contributed by atoms with E-state index in [-0.39, 0.29) is 25.4 Å². The van der Waals surface area contributed by atoms with Gasteiger partial charge in [0.2, 0.25) is 0 Å². The number of phosphoric acid groups is 1.